The number of hydrogen-bond acceptors (Lipinski definition) is 3. The van der Waals surface area contributed by atoms with Gasteiger partial charge in [-0.15, -0.1) is 0 Å². The van der Waals surface area contributed by atoms with E-state index in [1.807, 2.05) is 19.1 Å². The second-order valence-electron chi connectivity index (χ2n) is 4.84. The SMILES string of the molecule is Cc1ccc([C@@H](CCF)N2CCNCC2)c(O)c1. The van der Waals surface area contributed by atoms with Gasteiger partial charge in [0.1, 0.15) is 5.75 Å². The fraction of sp³-hybridized carbons (Fsp3) is 0.571. The molecule has 1 atom stereocenters. The second-order valence-corrected chi connectivity index (χ2v) is 4.84. The summed E-state index contributed by atoms with van der Waals surface area (Å²) in [7, 11) is 0. The first-order chi connectivity index (χ1) is 8.72. The molecule has 1 aliphatic rings. The van der Waals surface area contributed by atoms with Crippen LogP contribution < -0.4 is 5.32 Å². The third-order valence-corrected chi connectivity index (χ3v) is 3.52. The maximum atomic E-state index is 12.8. The normalized spacial score (nSPS) is 18.8. The van der Waals surface area contributed by atoms with E-state index in [1.165, 1.54) is 0 Å². The average Bonchev–Trinajstić information content (AvgIpc) is 2.38. The van der Waals surface area contributed by atoms with Gasteiger partial charge < -0.3 is 10.4 Å². The van der Waals surface area contributed by atoms with Crippen LogP contribution in [0.1, 0.15) is 23.6 Å². The van der Waals surface area contributed by atoms with Crippen LogP contribution in [0.4, 0.5) is 4.39 Å². The lowest BCUT2D eigenvalue weighted by molar-refractivity contribution is 0.155. The van der Waals surface area contributed by atoms with Crippen LogP contribution in [0, 0.1) is 6.92 Å². The number of nitrogens with zero attached hydrogens (tertiary/aromatic N) is 1. The number of phenols is 1. The van der Waals surface area contributed by atoms with E-state index in [9.17, 15) is 9.50 Å². The summed E-state index contributed by atoms with van der Waals surface area (Å²) >= 11 is 0. The Hall–Kier alpha value is -1.13. The van der Waals surface area contributed by atoms with Gasteiger partial charge in [0.25, 0.3) is 0 Å². The zero-order chi connectivity index (χ0) is 13.0. The number of aryl methyl sites for hydroxylation is 1. The number of benzene rings is 1. The average molecular weight is 252 g/mol. The smallest absolute Gasteiger partial charge is 0.120 e. The lowest BCUT2D eigenvalue weighted by atomic mass is 9.99. The summed E-state index contributed by atoms with van der Waals surface area (Å²) in [6, 6.07) is 5.64. The third kappa shape index (κ3) is 3.00. The summed E-state index contributed by atoms with van der Waals surface area (Å²) in [4.78, 5) is 2.25. The number of rotatable bonds is 4. The van der Waals surface area contributed by atoms with E-state index in [0.717, 1.165) is 37.3 Å². The van der Waals surface area contributed by atoms with E-state index in [4.69, 9.17) is 0 Å². The van der Waals surface area contributed by atoms with Crippen molar-refractivity contribution < 1.29 is 9.50 Å². The van der Waals surface area contributed by atoms with Gasteiger partial charge in [0.2, 0.25) is 0 Å². The molecule has 1 saturated heterocycles. The minimum absolute atomic E-state index is 0.0160. The van der Waals surface area contributed by atoms with Crippen molar-refractivity contribution in [2.24, 2.45) is 0 Å². The van der Waals surface area contributed by atoms with Crippen molar-refractivity contribution in [3.63, 3.8) is 0 Å². The number of aromatic hydroxyl groups is 1. The van der Waals surface area contributed by atoms with Gasteiger partial charge in [-0.3, -0.25) is 9.29 Å². The number of phenolic OH excluding ortho intramolecular Hbond substituents is 1. The van der Waals surface area contributed by atoms with Crippen LogP contribution in [0.25, 0.3) is 0 Å². The Morgan fingerprint density at radius 2 is 2.11 bits per heavy atom. The summed E-state index contributed by atoms with van der Waals surface area (Å²) in [6.45, 7) is 5.24. The third-order valence-electron chi connectivity index (χ3n) is 3.52. The van der Waals surface area contributed by atoms with Gasteiger partial charge in [-0.25, -0.2) is 0 Å². The van der Waals surface area contributed by atoms with Crippen LogP contribution in [-0.4, -0.2) is 42.9 Å². The molecule has 1 aliphatic heterocycles. The molecule has 0 amide bonds. The number of alkyl halides is 1. The zero-order valence-electron chi connectivity index (χ0n) is 10.8. The van der Waals surface area contributed by atoms with Crippen molar-refractivity contribution >= 4 is 0 Å². The molecule has 1 aromatic rings. The van der Waals surface area contributed by atoms with Crippen LogP contribution in [0.3, 0.4) is 0 Å². The topological polar surface area (TPSA) is 35.5 Å². The Bertz CT molecular complexity index is 391. The Morgan fingerprint density at radius 3 is 2.72 bits per heavy atom. The maximum absolute atomic E-state index is 12.8. The molecule has 0 radical (unpaired) electrons. The zero-order valence-corrected chi connectivity index (χ0v) is 10.8. The van der Waals surface area contributed by atoms with E-state index in [2.05, 4.69) is 10.2 Å². The Labute approximate surface area is 108 Å². The lowest BCUT2D eigenvalue weighted by Crippen LogP contribution is -2.45. The molecule has 0 unspecified atom stereocenters. The number of halogens is 1. The van der Waals surface area contributed by atoms with Gasteiger partial charge in [0.05, 0.1) is 6.67 Å². The van der Waals surface area contributed by atoms with Gasteiger partial charge in [-0.05, 0) is 25.0 Å². The highest BCUT2D eigenvalue weighted by Crippen LogP contribution is 2.32. The van der Waals surface area contributed by atoms with E-state index in [0.29, 0.717) is 6.42 Å². The van der Waals surface area contributed by atoms with Gasteiger partial charge in [-0.2, -0.15) is 0 Å². The highest BCUT2D eigenvalue weighted by atomic mass is 19.1. The van der Waals surface area contributed by atoms with Gasteiger partial charge in [0.15, 0.2) is 0 Å². The molecule has 0 bridgehead atoms. The first-order valence-corrected chi connectivity index (χ1v) is 6.52. The van der Waals surface area contributed by atoms with Gasteiger partial charge >= 0.3 is 0 Å². The van der Waals surface area contributed by atoms with E-state index in [1.54, 1.807) is 6.07 Å². The van der Waals surface area contributed by atoms with E-state index >= 15 is 0 Å². The number of piperazine rings is 1. The highest BCUT2D eigenvalue weighted by Gasteiger charge is 2.24. The van der Waals surface area contributed by atoms with Crippen molar-refractivity contribution in [2.45, 2.75) is 19.4 Å². The van der Waals surface area contributed by atoms with E-state index < -0.39 is 0 Å². The molecule has 0 aromatic heterocycles. The monoisotopic (exact) mass is 252 g/mol. The molecule has 0 spiro atoms. The van der Waals surface area contributed by atoms with Crippen molar-refractivity contribution in [2.75, 3.05) is 32.9 Å². The minimum Gasteiger partial charge on any atom is -0.508 e. The fourth-order valence-electron chi connectivity index (χ4n) is 2.57. The Kier molecular flexibility index (Phi) is 4.55. The molecular formula is C14H21FN2O. The van der Waals surface area contributed by atoms with Gasteiger partial charge in [-0.1, -0.05) is 12.1 Å². The van der Waals surface area contributed by atoms with E-state index in [-0.39, 0.29) is 18.5 Å². The molecule has 4 heteroatoms. The lowest BCUT2D eigenvalue weighted by Gasteiger charge is -2.35. The predicted molar refractivity (Wildman–Crippen MR) is 70.6 cm³/mol. The molecule has 2 rings (SSSR count). The summed E-state index contributed by atoms with van der Waals surface area (Å²) in [5.41, 5.74) is 1.87. The molecular weight excluding hydrogens is 231 g/mol. The summed E-state index contributed by atoms with van der Waals surface area (Å²) in [5.74, 6) is 0.284. The first-order valence-electron chi connectivity index (χ1n) is 6.52. The molecule has 0 saturated carbocycles. The molecule has 3 nitrogen and oxygen atoms in total. The van der Waals surface area contributed by atoms with Crippen LogP contribution in [0.2, 0.25) is 0 Å². The molecule has 1 fully saturated rings. The largest absolute Gasteiger partial charge is 0.508 e. The summed E-state index contributed by atoms with van der Waals surface area (Å²) in [5, 5.41) is 13.3. The van der Waals surface area contributed by atoms with Crippen LogP contribution >= 0.6 is 0 Å². The molecule has 100 valence electrons. The van der Waals surface area contributed by atoms with Crippen LogP contribution in [0.5, 0.6) is 5.75 Å². The fourth-order valence-corrected chi connectivity index (χ4v) is 2.57. The van der Waals surface area contributed by atoms with Crippen molar-refractivity contribution in [3.05, 3.63) is 29.3 Å². The van der Waals surface area contributed by atoms with Crippen LogP contribution in [0.15, 0.2) is 18.2 Å². The number of hydrogen-bond donors (Lipinski definition) is 2. The number of nitrogens with one attached hydrogen (secondary N) is 1. The van der Waals surface area contributed by atoms with Crippen molar-refractivity contribution in [1.29, 1.82) is 0 Å². The Balaban J connectivity index is 2.22. The molecule has 1 aromatic carbocycles. The minimum atomic E-state index is -0.359. The predicted octanol–water partition coefficient (Wildman–Crippen LogP) is 2.01. The van der Waals surface area contributed by atoms with Crippen molar-refractivity contribution in [1.82, 2.24) is 10.2 Å². The summed E-state index contributed by atoms with van der Waals surface area (Å²) in [6.07, 6.45) is 0.441. The molecule has 2 N–H and O–H groups in total. The quantitative estimate of drug-likeness (QED) is 0.860. The highest BCUT2D eigenvalue weighted by molar-refractivity contribution is 5.38. The van der Waals surface area contributed by atoms with Gasteiger partial charge in [0, 0.05) is 37.8 Å². The van der Waals surface area contributed by atoms with Crippen LogP contribution in [-0.2, 0) is 0 Å². The second kappa shape index (κ2) is 6.16. The summed E-state index contributed by atoms with van der Waals surface area (Å²) < 4.78 is 12.8. The standard InChI is InChI=1S/C14H21FN2O/c1-11-2-3-12(14(18)10-11)13(4-5-15)17-8-6-16-7-9-17/h2-3,10,13,16,18H,4-9H2,1H3/t13-/m1/s1. The Morgan fingerprint density at radius 1 is 1.39 bits per heavy atom. The molecule has 18 heavy (non-hydrogen) atoms. The first kappa shape index (κ1) is 13.3. The maximum Gasteiger partial charge on any atom is 0.120 e. The van der Waals surface area contributed by atoms with Crippen molar-refractivity contribution in [3.8, 4) is 5.75 Å². The molecule has 1 heterocycles. The molecule has 0 aliphatic carbocycles.